The summed E-state index contributed by atoms with van der Waals surface area (Å²) in [6.07, 6.45) is 2.81. The highest BCUT2D eigenvalue weighted by Gasteiger charge is 2.06. The Labute approximate surface area is 173 Å². The minimum absolute atomic E-state index is 0. The van der Waals surface area contributed by atoms with Gasteiger partial charge in [0.1, 0.15) is 0 Å². The zero-order chi connectivity index (χ0) is 17.9. The lowest BCUT2D eigenvalue weighted by atomic mass is 10.0. The van der Waals surface area contributed by atoms with Crippen molar-refractivity contribution in [3.05, 3.63) is 59.8 Å². The van der Waals surface area contributed by atoms with Gasteiger partial charge in [-0.25, -0.2) is 4.98 Å². The number of ether oxygens (including phenoxy) is 1. The van der Waals surface area contributed by atoms with Crippen LogP contribution in [0.15, 0.2) is 53.7 Å². The van der Waals surface area contributed by atoms with E-state index in [0.29, 0.717) is 24.9 Å². The van der Waals surface area contributed by atoms with Gasteiger partial charge in [0.05, 0.1) is 6.61 Å². The normalized spacial score (nSPS) is 12.0. The van der Waals surface area contributed by atoms with E-state index in [1.807, 2.05) is 24.4 Å². The molecule has 2 N–H and O–H groups in total. The van der Waals surface area contributed by atoms with Crippen LogP contribution in [-0.4, -0.2) is 31.1 Å². The van der Waals surface area contributed by atoms with Crippen molar-refractivity contribution in [2.24, 2.45) is 4.99 Å². The molecule has 0 saturated heterocycles. The van der Waals surface area contributed by atoms with Gasteiger partial charge in [-0.15, -0.1) is 24.0 Å². The molecule has 0 saturated carbocycles. The van der Waals surface area contributed by atoms with E-state index in [2.05, 4.69) is 58.7 Å². The Morgan fingerprint density at radius 1 is 1.15 bits per heavy atom. The lowest BCUT2D eigenvalue weighted by Crippen LogP contribution is -2.38. The highest BCUT2D eigenvalue weighted by atomic mass is 127. The van der Waals surface area contributed by atoms with Crippen molar-refractivity contribution in [1.82, 2.24) is 15.6 Å². The highest BCUT2D eigenvalue weighted by molar-refractivity contribution is 14.0. The van der Waals surface area contributed by atoms with Gasteiger partial charge in [0, 0.05) is 32.4 Å². The topological polar surface area (TPSA) is 58.5 Å². The maximum Gasteiger partial charge on any atom is 0.213 e. The van der Waals surface area contributed by atoms with Crippen LogP contribution in [0.1, 0.15) is 37.3 Å². The van der Waals surface area contributed by atoms with Gasteiger partial charge in [0.15, 0.2) is 5.96 Å². The van der Waals surface area contributed by atoms with Crippen LogP contribution in [0, 0.1) is 0 Å². The number of guanidine groups is 1. The van der Waals surface area contributed by atoms with Gasteiger partial charge in [-0.2, -0.15) is 0 Å². The van der Waals surface area contributed by atoms with Crippen LogP contribution in [-0.2, 0) is 6.54 Å². The first kappa shape index (κ1) is 22.2. The molecule has 6 heteroatoms. The molecule has 1 aromatic heterocycles. The van der Waals surface area contributed by atoms with Gasteiger partial charge >= 0.3 is 0 Å². The molecule has 142 valence electrons. The SMILES string of the molecule is CCCOc1ccc(CNC(=NC)NCC(C)c2ccccc2)cn1.I. The van der Waals surface area contributed by atoms with Crippen LogP contribution in [0.4, 0.5) is 0 Å². The Balaban J connectivity index is 0.00000338. The molecule has 0 aliphatic carbocycles. The fourth-order valence-corrected chi connectivity index (χ4v) is 2.36. The third-order valence-electron chi connectivity index (χ3n) is 3.88. The van der Waals surface area contributed by atoms with E-state index in [-0.39, 0.29) is 24.0 Å². The monoisotopic (exact) mass is 468 g/mol. The Hall–Kier alpha value is -1.83. The molecule has 26 heavy (non-hydrogen) atoms. The molecule has 0 aliphatic rings. The molecule has 1 heterocycles. The smallest absolute Gasteiger partial charge is 0.213 e. The van der Waals surface area contributed by atoms with Gasteiger partial charge in [-0.05, 0) is 23.5 Å². The lowest BCUT2D eigenvalue weighted by Gasteiger charge is -2.16. The lowest BCUT2D eigenvalue weighted by molar-refractivity contribution is 0.305. The quantitative estimate of drug-likeness (QED) is 0.350. The second-order valence-corrected chi connectivity index (χ2v) is 5.97. The summed E-state index contributed by atoms with van der Waals surface area (Å²) in [4.78, 5) is 8.59. The van der Waals surface area contributed by atoms with Crippen molar-refractivity contribution >= 4 is 29.9 Å². The predicted octanol–water partition coefficient (Wildman–Crippen LogP) is 3.96. The molecule has 0 fully saturated rings. The van der Waals surface area contributed by atoms with Crippen LogP contribution < -0.4 is 15.4 Å². The number of halogens is 1. The Bertz CT molecular complexity index is 647. The summed E-state index contributed by atoms with van der Waals surface area (Å²) in [6, 6.07) is 14.4. The number of aliphatic imine (C=N–C) groups is 1. The van der Waals surface area contributed by atoms with E-state index in [9.17, 15) is 0 Å². The Kier molecular flexibility index (Phi) is 10.7. The molecule has 0 bridgehead atoms. The largest absolute Gasteiger partial charge is 0.478 e. The zero-order valence-corrected chi connectivity index (χ0v) is 18.1. The van der Waals surface area contributed by atoms with Gasteiger partial charge < -0.3 is 15.4 Å². The number of rotatable bonds is 8. The number of pyridine rings is 1. The van der Waals surface area contributed by atoms with Crippen molar-refractivity contribution in [3.8, 4) is 5.88 Å². The van der Waals surface area contributed by atoms with Crippen molar-refractivity contribution < 1.29 is 4.74 Å². The first-order valence-corrected chi connectivity index (χ1v) is 8.80. The summed E-state index contributed by atoms with van der Waals surface area (Å²) >= 11 is 0. The van der Waals surface area contributed by atoms with Crippen LogP contribution in [0.25, 0.3) is 0 Å². The molecule has 2 aromatic rings. The van der Waals surface area contributed by atoms with E-state index in [1.54, 1.807) is 7.05 Å². The van der Waals surface area contributed by atoms with E-state index in [0.717, 1.165) is 24.5 Å². The van der Waals surface area contributed by atoms with E-state index < -0.39 is 0 Å². The standard InChI is InChI=1S/C20H28N4O.HI/c1-4-12-25-19-11-10-17(14-22-19)15-24-20(21-3)23-13-16(2)18-8-6-5-7-9-18;/h5-11,14,16H,4,12-13,15H2,1-3H3,(H2,21,23,24);1H. The van der Waals surface area contributed by atoms with Crippen LogP contribution in [0.2, 0.25) is 0 Å². The van der Waals surface area contributed by atoms with Gasteiger partial charge in [0.2, 0.25) is 5.88 Å². The summed E-state index contributed by atoms with van der Waals surface area (Å²) in [6.45, 7) is 6.47. The van der Waals surface area contributed by atoms with Gasteiger partial charge in [0.25, 0.3) is 0 Å². The molecular weight excluding hydrogens is 439 g/mol. The van der Waals surface area contributed by atoms with E-state index >= 15 is 0 Å². The second kappa shape index (κ2) is 12.5. The third kappa shape index (κ3) is 7.59. The molecule has 0 aliphatic heterocycles. The van der Waals surface area contributed by atoms with Gasteiger partial charge in [-0.3, -0.25) is 4.99 Å². The van der Waals surface area contributed by atoms with Crippen molar-refractivity contribution in [3.63, 3.8) is 0 Å². The third-order valence-corrected chi connectivity index (χ3v) is 3.88. The average molecular weight is 468 g/mol. The maximum atomic E-state index is 5.50. The minimum Gasteiger partial charge on any atom is -0.478 e. The first-order chi connectivity index (χ1) is 12.2. The van der Waals surface area contributed by atoms with Crippen LogP contribution >= 0.6 is 24.0 Å². The fraction of sp³-hybridized carbons (Fsp3) is 0.400. The molecule has 0 spiro atoms. The van der Waals surface area contributed by atoms with Crippen LogP contribution in [0.3, 0.4) is 0 Å². The summed E-state index contributed by atoms with van der Waals surface area (Å²) in [7, 11) is 1.78. The number of nitrogens with zero attached hydrogens (tertiary/aromatic N) is 2. The molecular formula is C20H29IN4O. The second-order valence-electron chi connectivity index (χ2n) is 5.97. The average Bonchev–Trinajstić information content (AvgIpc) is 2.67. The fourth-order valence-electron chi connectivity index (χ4n) is 2.36. The van der Waals surface area contributed by atoms with E-state index in [1.165, 1.54) is 5.56 Å². The first-order valence-electron chi connectivity index (χ1n) is 8.80. The highest BCUT2D eigenvalue weighted by Crippen LogP contribution is 2.13. The Morgan fingerprint density at radius 2 is 1.92 bits per heavy atom. The molecule has 1 atom stereocenters. The van der Waals surface area contributed by atoms with Gasteiger partial charge in [-0.1, -0.05) is 50.2 Å². The number of hydrogen-bond donors (Lipinski definition) is 2. The van der Waals surface area contributed by atoms with Crippen molar-refractivity contribution in [1.29, 1.82) is 0 Å². The summed E-state index contributed by atoms with van der Waals surface area (Å²) in [5.41, 5.74) is 2.40. The summed E-state index contributed by atoms with van der Waals surface area (Å²) in [5.74, 6) is 1.87. The Morgan fingerprint density at radius 3 is 2.54 bits per heavy atom. The number of aromatic nitrogens is 1. The zero-order valence-electron chi connectivity index (χ0n) is 15.7. The molecule has 1 aromatic carbocycles. The molecule has 5 nitrogen and oxygen atoms in total. The van der Waals surface area contributed by atoms with Crippen molar-refractivity contribution in [2.45, 2.75) is 32.7 Å². The molecule has 0 radical (unpaired) electrons. The number of nitrogens with one attached hydrogen (secondary N) is 2. The number of benzene rings is 1. The molecule has 2 rings (SSSR count). The van der Waals surface area contributed by atoms with E-state index in [4.69, 9.17) is 4.74 Å². The number of hydrogen-bond acceptors (Lipinski definition) is 3. The van der Waals surface area contributed by atoms with Crippen LogP contribution in [0.5, 0.6) is 5.88 Å². The summed E-state index contributed by atoms with van der Waals surface area (Å²) < 4.78 is 5.50. The minimum atomic E-state index is 0. The maximum absolute atomic E-state index is 5.50. The van der Waals surface area contributed by atoms with Crippen molar-refractivity contribution in [2.75, 3.05) is 20.2 Å². The summed E-state index contributed by atoms with van der Waals surface area (Å²) in [5, 5.41) is 6.68. The molecule has 0 amide bonds. The molecule has 1 unspecified atom stereocenters. The predicted molar refractivity (Wildman–Crippen MR) is 118 cm³/mol.